The number of alkyl halides is 3. The summed E-state index contributed by atoms with van der Waals surface area (Å²) in [5.74, 6) is 0. The topological polar surface area (TPSA) is 15.3 Å². The zero-order valence-electron chi connectivity index (χ0n) is 11.6. The normalized spacial score (nSPS) is 19.2. The zero-order valence-corrected chi connectivity index (χ0v) is 12.4. The van der Waals surface area contributed by atoms with Gasteiger partial charge in [0.1, 0.15) is 0 Å². The third kappa shape index (κ3) is 4.11. The molecule has 0 amide bonds. The van der Waals surface area contributed by atoms with E-state index in [1.165, 1.54) is 12.1 Å². The van der Waals surface area contributed by atoms with Crippen molar-refractivity contribution in [3.05, 3.63) is 34.9 Å². The number of halogens is 4. The number of aryl methyl sites for hydroxylation is 1. The largest absolute Gasteiger partial charge is 0.416 e. The van der Waals surface area contributed by atoms with Gasteiger partial charge < -0.3 is 5.32 Å². The molecule has 1 aromatic rings. The fraction of sp³-hybridized carbons (Fsp3) is 0.571. The summed E-state index contributed by atoms with van der Waals surface area (Å²) in [4.78, 5) is 2.20. The van der Waals surface area contributed by atoms with Crippen molar-refractivity contribution in [3.8, 4) is 0 Å². The number of benzene rings is 1. The van der Waals surface area contributed by atoms with Gasteiger partial charge in [-0.15, -0.1) is 12.4 Å². The third-order valence-electron chi connectivity index (χ3n) is 3.75. The Morgan fingerprint density at radius 1 is 1.35 bits per heavy atom. The van der Waals surface area contributed by atoms with E-state index in [-0.39, 0.29) is 12.4 Å². The van der Waals surface area contributed by atoms with Gasteiger partial charge in [0.2, 0.25) is 0 Å². The summed E-state index contributed by atoms with van der Waals surface area (Å²) in [5, 5.41) is 3.29. The number of hydrogen-bond acceptors (Lipinski definition) is 2. The predicted molar refractivity (Wildman–Crippen MR) is 76.2 cm³/mol. The van der Waals surface area contributed by atoms with Crippen LogP contribution in [-0.2, 0) is 12.7 Å². The highest BCUT2D eigenvalue weighted by molar-refractivity contribution is 5.85. The van der Waals surface area contributed by atoms with Crippen LogP contribution >= 0.6 is 12.4 Å². The number of likely N-dealkylation sites (N-methyl/N-ethyl adjacent to an activating group) is 1. The predicted octanol–water partition coefficient (Wildman–Crippen LogP) is 3.23. The standard InChI is InChI=1S/C14H19F3N2.ClH/c1-10-7-12(14(15,16)17)4-3-11(10)9-19(2)13-5-6-18-8-13;/h3-4,7,13,18H,5-6,8-9H2,1-2H3;1H. The van der Waals surface area contributed by atoms with Gasteiger partial charge in [-0.25, -0.2) is 0 Å². The molecule has 1 atom stereocenters. The molecule has 6 heteroatoms. The lowest BCUT2D eigenvalue weighted by molar-refractivity contribution is -0.137. The van der Waals surface area contributed by atoms with Crippen LogP contribution in [0.2, 0.25) is 0 Å². The van der Waals surface area contributed by atoms with Crippen LogP contribution in [0.5, 0.6) is 0 Å². The van der Waals surface area contributed by atoms with Crippen molar-refractivity contribution in [3.63, 3.8) is 0 Å². The average Bonchev–Trinajstić information content (AvgIpc) is 2.84. The van der Waals surface area contributed by atoms with Gasteiger partial charge in [0.25, 0.3) is 0 Å². The summed E-state index contributed by atoms with van der Waals surface area (Å²) in [7, 11) is 2.02. The van der Waals surface area contributed by atoms with Gasteiger partial charge in [-0.3, -0.25) is 4.90 Å². The van der Waals surface area contributed by atoms with Gasteiger partial charge in [0.15, 0.2) is 0 Å². The van der Waals surface area contributed by atoms with Crippen LogP contribution in [-0.4, -0.2) is 31.1 Å². The molecule has 0 spiro atoms. The van der Waals surface area contributed by atoms with Gasteiger partial charge in [-0.05, 0) is 50.2 Å². The molecular formula is C14H20ClF3N2. The summed E-state index contributed by atoms with van der Waals surface area (Å²) in [5.41, 5.74) is 1.09. The summed E-state index contributed by atoms with van der Waals surface area (Å²) in [6, 6.07) is 4.47. The van der Waals surface area contributed by atoms with Crippen LogP contribution in [0.15, 0.2) is 18.2 Å². The molecule has 0 radical (unpaired) electrons. The molecule has 1 heterocycles. The van der Waals surface area contributed by atoms with Crippen molar-refractivity contribution in [2.75, 3.05) is 20.1 Å². The number of hydrogen-bond donors (Lipinski definition) is 1. The minimum Gasteiger partial charge on any atom is -0.315 e. The Morgan fingerprint density at radius 2 is 2.05 bits per heavy atom. The molecule has 1 aliphatic heterocycles. The molecule has 0 aliphatic carbocycles. The molecule has 0 aromatic heterocycles. The summed E-state index contributed by atoms with van der Waals surface area (Å²) in [6.07, 6.45) is -3.17. The van der Waals surface area contributed by atoms with Crippen LogP contribution in [0.3, 0.4) is 0 Å². The molecule has 114 valence electrons. The lowest BCUT2D eigenvalue weighted by atomic mass is 10.0. The summed E-state index contributed by atoms with van der Waals surface area (Å²) in [6.45, 7) is 4.40. The highest BCUT2D eigenvalue weighted by atomic mass is 35.5. The second-order valence-corrected chi connectivity index (χ2v) is 5.20. The molecule has 2 rings (SSSR count). The van der Waals surface area contributed by atoms with E-state index in [1.54, 1.807) is 13.0 Å². The Morgan fingerprint density at radius 3 is 2.55 bits per heavy atom. The molecule has 1 unspecified atom stereocenters. The molecule has 1 fully saturated rings. The van der Waals surface area contributed by atoms with Gasteiger partial charge >= 0.3 is 6.18 Å². The van der Waals surface area contributed by atoms with Gasteiger partial charge in [0, 0.05) is 19.1 Å². The molecule has 2 nitrogen and oxygen atoms in total. The smallest absolute Gasteiger partial charge is 0.315 e. The SMILES string of the molecule is Cc1cc(C(F)(F)F)ccc1CN(C)C1CCNC1.Cl. The molecule has 1 aromatic carbocycles. The first-order valence-electron chi connectivity index (χ1n) is 6.45. The zero-order chi connectivity index (χ0) is 14.0. The van der Waals surface area contributed by atoms with Crippen molar-refractivity contribution in [1.82, 2.24) is 10.2 Å². The number of rotatable bonds is 3. The van der Waals surface area contributed by atoms with Crippen molar-refractivity contribution in [2.24, 2.45) is 0 Å². The maximum absolute atomic E-state index is 12.6. The van der Waals surface area contributed by atoms with Crippen LogP contribution in [0.1, 0.15) is 23.1 Å². The van der Waals surface area contributed by atoms with E-state index in [0.29, 0.717) is 18.2 Å². The number of nitrogens with one attached hydrogen (secondary N) is 1. The van der Waals surface area contributed by atoms with Crippen LogP contribution in [0, 0.1) is 6.92 Å². The lowest BCUT2D eigenvalue weighted by Crippen LogP contribution is -2.33. The van der Waals surface area contributed by atoms with E-state index in [4.69, 9.17) is 0 Å². The van der Waals surface area contributed by atoms with Gasteiger partial charge in [-0.2, -0.15) is 13.2 Å². The first-order chi connectivity index (χ1) is 8.88. The Hall–Kier alpha value is -0.780. The van der Waals surface area contributed by atoms with E-state index in [2.05, 4.69) is 10.2 Å². The molecule has 0 saturated carbocycles. The van der Waals surface area contributed by atoms with Crippen molar-refractivity contribution < 1.29 is 13.2 Å². The van der Waals surface area contributed by atoms with E-state index < -0.39 is 11.7 Å². The van der Waals surface area contributed by atoms with E-state index in [1.807, 2.05) is 7.05 Å². The van der Waals surface area contributed by atoms with Crippen molar-refractivity contribution >= 4 is 12.4 Å². The van der Waals surface area contributed by atoms with Crippen LogP contribution in [0.4, 0.5) is 13.2 Å². The molecule has 1 saturated heterocycles. The van der Waals surface area contributed by atoms with E-state index in [9.17, 15) is 13.2 Å². The fourth-order valence-electron chi connectivity index (χ4n) is 2.46. The molecule has 0 bridgehead atoms. The lowest BCUT2D eigenvalue weighted by Gasteiger charge is -2.24. The molecule has 1 aliphatic rings. The molecule has 20 heavy (non-hydrogen) atoms. The van der Waals surface area contributed by atoms with Crippen LogP contribution < -0.4 is 5.32 Å². The monoisotopic (exact) mass is 308 g/mol. The first-order valence-corrected chi connectivity index (χ1v) is 6.45. The minimum absolute atomic E-state index is 0. The second kappa shape index (κ2) is 6.78. The van der Waals surface area contributed by atoms with E-state index >= 15 is 0 Å². The summed E-state index contributed by atoms with van der Waals surface area (Å²) >= 11 is 0. The van der Waals surface area contributed by atoms with Crippen molar-refractivity contribution in [1.29, 1.82) is 0 Å². The Bertz CT molecular complexity index is 443. The third-order valence-corrected chi connectivity index (χ3v) is 3.75. The number of nitrogens with zero attached hydrogens (tertiary/aromatic N) is 1. The maximum atomic E-state index is 12.6. The molecular weight excluding hydrogens is 289 g/mol. The Labute approximate surface area is 123 Å². The molecule has 1 N–H and O–H groups in total. The maximum Gasteiger partial charge on any atom is 0.416 e. The van der Waals surface area contributed by atoms with Gasteiger partial charge in [0.05, 0.1) is 5.56 Å². The quantitative estimate of drug-likeness (QED) is 0.922. The first kappa shape index (κ1) is 17.3. The minimum atomic E-state index is -4.26. The fourth-order valence-corrected chi connectivity index (χ4v) is 2.46. The summed E-state index contributed by atoms with van der Waals surface area (Å²) < 4.78 is 37.8. The van der Waals surface area contributed by atoms with Crippen LogP contribution in [0.25, 0.3) is 0 Å². The highest BCUT2D eigenvalue weighted by Gasteiger charge is 2.30. The van der Waals surface area contributed by atoms with E-state index in [0.717, 1.165) is 25.1 Å². The Kier molecular flexibility index (Phi) is 5.86. The average molecular weight is 309 g/mol. The highest BCUT2D eigenvalue weighted by Crippen LogP contribution is 2.30. The van der Waals surface area contributed by atoms with Gasteiger partial charge in [-0.1, -0.05) is 6.07 Å². The second-order valence-electron chi connectivity index (χ2n) is 5.20. The van der Waals surface area contributed by atoms with Crippen molar-refractivity contribution in [2.45, 2.75) is 32.1 Å². The Balaban J connectivity index is 0.00000200.